The topological polar surface area (TPSA) is 104 Å². The van der Waals surface area contributed by atoms with Gasteiger partial charge in [0.05, 0.1) is 15.9 Å². The highest BCUT2D eigenvalue weighted by atomic mass is 32.2. The van der Waals surface area contributed by atoms with E-state index in [1.165, 1.54) is 6.92 Å². The molecule has 21 heavy (non-hydrogen) atoms. The number of hydrogen-bond acceptors (Lipinski definition) is 5. The fourth-order valence-electron chi connectivity index (χ4n) is 1.77. The van der Waals surface area contributed by atoms with E-state index in [0.29, 0.717) is 6.07 Å². The number of benzene rings is 1. The fourth-order valence-corrected chi connectivity index (χ4v) is 3.33. The zero-order chi connectivity index (χ0) is 16.2. The predicted molar refractivity (Wildman–Crippen MR) is 72.5 cm³/mol. The summed E-state index contributed by atoms with van der Waals surface area (Å²) in [5, 5.41) is 19.3. The summed E-state index contributed by atoms with van der Waals surface area (Å²) in [6.07, 6.45) is -0.00462. The number of aryl methyl sites for hydroxylation is 1. The molecule has 0 saturated carbocycles. The second-order valence-corrected chi connectivity index (χ2v) is 6.17. The maximum absolute atomic E-state index is 13.6. The van der Waals surface area contributed by atoms with Crippen LogP contribution in [0.15, 0.2) is 17.0 Å². The van der Waals surface area contributed by atoms with Gasteiger partial charge in [0.25, 0.3) is 0 Å². The van der Waals surface area contributed by atoms with Crippen molar-refractivity contribution >= 4 is 15.7 Å². The van der Waals surface area contributed by atoms with Gasteiger partial charge in [0.2, 0.25) is 15.8 Å². The van der Waals surface area contributed by atoms with E-state index in [2.05, 4.69) is 0 Å². The molecule has 0 unspecified atom stereocenters. The highest BCUT2D eigenvalue weighted by Crippen LogP contribution is 2.27. The van der Waals surface area contributed by atoms with Crippen LogP contribution in [0.5, 0.6) is 0 Å². The first kappa shape index (κ1) is 17.0. The lowest BCUT2D eigenvalue weighted by Gasteiger charge is -2.19. The third-order valence-electron chi connectivity index (χ3n) is 2.87. The molecule has 0 heterocycles. The van der Waals surface area contributed by atoms with Gasteiger partial charge in [-0.15, -0.1) is 0 Å². The quantitative estimate of drug-likeness (QED) is 0.589. The monoisotopic (exact) mass is 315 g/mol. The number of sulfonamides is 1. The maximum atomic E-state index is 13.6. The van der Waals surface area contributed by atoms with Gasteiger partial charge < -0.3 is 0 Å². The molecule has 0 aromatic heterocycles. The normalized spacial score (nSPS) is 11.4. The Hall–Kier alpha value is -2.05. The zero-order valence-corrected chi connectivity index (χ0v) is 12.4. The highest BCUT2D eigenvalue weighted by molar-refractivity contribution is 7.89. The molecule has 0 spiro atoms. The van der Waals surface area contributed by atoms with Gasteiger partial charge in [-0.05, 0) is 18.6 Å². The van der Waals surface area contributed by atoms with Gasteiger partial charge in [-0.1, -0.05) is 6.92 Å². The molecule has 0 fully saturated rings. The molecule has 0 N–H and O–H groups in total. The summed E-state index contributed by atoms with van der Waals surface area (Å²) in [6.45, 7) is 2.92. The molecule has 0 aliphatic carbocycles. The minimum absolute atomic E-state index is 0.00462. The summed E-state index contributed by atoms with van der Waals surface area (Å²) >= 11 is 0. The maximum Gasteiger partial charge on any atom is 0.306 e. The molecule has 0 aliphatic heterocycles. The van der Waals surface area contributed by atoms with E-state index in [1.54, 1.807) is 6.92 Å². The molecular formula is C12H14FN3O4S. The molecule has 0 saturated heterocycles. The number of nitro groups is 1. The van der Waals surface area contributed by atoms with Crippen LogP contribution in [-0.2, 0) is 10.0 Å². The Bertz CT molecular complexity index is 697. The van der Waals surface area contributed by atoms with E-state index in [4.69, 9.17) is 5.26 Å². The Morgan fingerprint density at radius 1 is 1.48 bits per heavy atom. The minimum atomic E-state index is -4.01. The van der Waals surface area contributed by atoms with E-state index >= 15 is 0 Å². The Morgan fingerprint density at radius 3 is 2.57 bits per heavy atom. The van der Waals surface area contributed by atoms with Crippen LogP contribution in [0.4, 0.5) is 10.1 Å². The van der Waals surface area contributed by atoms with Gasteiger partial charge in [0.15, 0.2) is 0 Å². The number of hydrogen-bond donors (Lipinski definition) is 0. The molecule has 1 rings (SSSR count). The van der Waals surface area contributed by atoms with Crippen LogP contribution in [0.3, 0.4) is 0 Å². The number of rotatable bonds is 6. The largest absolute Gasteiger partial charge is 0.306 e. The van der Waals surface area contributed by atoms with Crippen molar-refractivity contribution in [2.75, 3.05) is 13.1 Å². The van der Waals surface area contributed by atoms with Crippen molar-refractivity contribution in [1.82, 2.24) is 4.31 Å². The molecule has 1 aromatic carbocycles. The Morgan fingerprint density at radius 2 is 2.10 bits per heavy atom. The lowest BCUT2D eigenvalue weighted by molar-refractivity contribution is -0.387. The second-order valence-electron chi connectivity index (χ2n) is 4.24. The van der Waals surface area contributed by atoms with Crippen molar-refractivity contribution in [1.29, 1.82) is 5.26 Å². The average Bonchev–Trinajstić information content (AvgIpc) is 2.41. The zero-order valence-electron chi connectivity index (χ0n) is 11.5. The van der Waals surface area contributed by atoms with Crippen molar-refractivity contribution in [3.05, 3.63) is 33.6 Å². The summed E-state index contributed by atoms with van der Waals surface area (Å²) in [5.41, 5.74) is -1.01. The highest BCUT2D eigenvalue weighted by Gasteiger charge is 2.27. The van der Waals surface area contributed by atoms with E-state index in [1.807, 2.05) is 6.07 Å². The van der Waals surface area contributed by atoms with Gasteiger partial charge in [-0.2, -0.15) is 14.0 Å². The third kappa shape index (κ3) is 3.53. The van der Waals surface area contributed by atoms with Crippen molar-refractivity contribution in [3.63, 3.8) is 0 Å². The smallest absolute Gasteiger partial charge is 0.258 e. The van der Waals surface area contributed by atoms with Crippen LogP contribution in [-0.4, -0.2) is 30.7 Å². The lowest BCUT2D eigenvalue weighted by Crippen LogP contribution is -2.31. The summed E-state index contributed by atoms with van der Waals surface area (Å²) < 4.78 is 39.4. The van der Waals surface area contributed by atoms with Gasteiger partial charge in [0, 0.05) is 25.6 Å². The summed E-state index contributed by atoms with van der Waals surface area (Å²) in [4.78, 5) is 9.46. The first-order valence-corrected chi connectivity index (χ1v) is 7.51. The van der Waals surface area contributed by atoms with Crippen LogP contribution in [0, 0.1) is 34.2 Å². The molecule has 1 aromatic rings. The first-order chi connectivity index (χ1) is 9.75. The number of halogens is 1. The van der Waals surface area contributed by atoms with Crippen LogP contribution >= 0.6 is 0 Å². The summed E-state index contributed by atoms with van der Waals surface area (Å²) in [7, 11) is -4.01. The van der Waals surface area contributed by atoms with Crippen LogP contribution in [0.25, 0.3) is 0 Å². The van der Waals surface area contributed by atoms with Crippen molar-refractivity contribution < 1.29 is 17.7 Å². The standard InChI is InChI=1S/C12H14FN3O4S/c1-3-15(6-4-5-14)21(19,20)10-7-9(2)12(13)11(8-10)16(17)18/h7-8H,3-4,6H2,1-2H3. The summed E-state index contributed by atoms with van der Waals surface area (Å²) in [6, 6.07) is 3.58. The van der Waals surface area contributed by atoms with Gasteiger partial charge in [-0.3, -0.25) is 10.1 Å². The van der Waals surface area contributed by atoms with E-state index in [0.717, 1.165) is 10.4 Å². The third-order valence-corrected chi connectivity index (χ3v) is 4.82. The van der Waals surface area contributed by atoms with Gasteiger partial charge in [0.1, 0.15) is 0 Å². The van der Waals surface area contributed by atoms with Gasteiger partial charge in [-0.25, -0.2) is 8.42 Å². The number of nitriles is 1. The predicted octanol–water partition coefficient (Wildman–Crippen LogP) is 1.97. The Balaban J connectivity index is 3.38. The minimum Gasteiger partial charge on any atom is -0.258 e. The van der Waals surface area contributed by atoms with Crippen LogP contribution < -0.4 is 0 Å². The van der Waals surface area contributed by atoms with E-state index < -0.39 is 26.5 Å². The molecule has 7 nitrogen and oxygen atoms in total. The lowest BCUT2D eigenvalue weighted by atomic mass is 10.2. The molecule has 0 atom stereocenters. The fraction of sp³-hybridized carbons (Fsp3) is 0.417. The average molecular weight is 315 g/mol. The van der Waals surface area contributed by atoms with Crippen molar-refractivity contribution in [3.8, 4) is 6.07 Å². The second kappa shape index (κ2) is 6.60. The molecular weight excluding hydrogens is 301 g/mol. The van der Waals surface area contributed by atoms with E-state index in [-0.39, 0.29) is 30.0 Å². The van der Waals surface area contributed by atoms with Crippen molar-refractivity contribution in [2.45, 2.75) is 25.2 Å². The molecule has 0 aliphatic rings. The number of nitro benzene ring substituents is 1. The van der Waals surface area contributed by atoms with Crippen LogP contribution in [0.1, 0.15) is 18.9 Å². The first-order valence-electron chi connectivity index (χ1n) is 6.07. The number of nitrogens with zero attached hydrogens (tertiary/aromatic N) is 3. The van der Waals surface area contributed by atoms with E-state index in [9.17, 15) is 22.9 Å². The molecule has 114 valence electrons. The summed E-state index contributed by atoms with van der Waals surface area (Å²) in [5.74, 6) is -1.06. The SMILES string of the molecule is CCN(CCC#N)S(=O)(=O)c1cc(C)c(F)c([N+](=O)[O-])c1. The molecule has 0 amide bonds. The van der Waals surface area contributed by atoms with Crippen molar-refractivity contribution in [2.24, 2.45) is 0 Å². The molecule has 0 radical (unpaired) electrons. The Labute approximate surface area is 121 Å². The molecule has 9 heteroatoms. The Kier molecular flexibility index (Phi) is 5.34. The molecule has 0 bridgehead atoms. The van der Waals surface area contributed by atoms with Gasteiger partial charge >= 0.3 is 5.69 Å². The van der Waals surface area contributed by atoms with Crippen LogP contribution in [0.2, 0.25) is 0 Å².